The van der Waals surface area contributed by atoms with Gasteiger partial charge in [-0.2, -0.15) is 0 Å². The summed E-state index contributed by atoms with van der Waals surface area (Å²) in [5.74, 6) is 1.26. The summed E-state index contributed by atoms with van der Waals surface area (Å²) in [6.45, 7) is 9.34. The first-order valence-electron chi connectivity index (χ1n) is 9.21. The second-order valence-electron chi connectivity index (χ2n) is 6.94. The van der Waals surface area contributed by atoms with Gasteiger partial charge in [-0.3, -0.25) is 0 Å². The van der Waals surface area contributed by atoms with E-state index in [2.05, 4.69) is 63.3 Å². The van der Waals surface area contributed by atoms with Gasteiger partial charge in [-0.15, -0.1) is 0 Å². The van der Waals surface area contributed by atoms with Gasteiger partial charge in [0.1, 0.15) is 18.5 Å². The molecule has 2 unspecified atom stereocenters. The number of para-hydroxylation sites is 1. The predicted molar refractivity (Wildman–Crippen MR) is 104 cm³/mol. The maximum atomic E-state index is 10.3. The zero-order valence-electron chi connectivity index (χ0n) is 15.8. The number of nitrogens with one attached hydrogen (secondary N) is 1. The third-order valence-electron chi connectivity index (χ3n) is 4.46. The third-order valence-corrected chi connectivity index (χ3v) is 4.46. The van der Waals surface area contributed by atoms with Crippen LogP contribution < -0.4 is 10.1 Å². The molecule has 0 saturated heterocycles. The number of hydrogen-bond donors (Lipinski definition) is 2. The van der Waals surface area contributed by atoms with Crippen LogP contribution in [0.5, 0.6) is 5.75 Å². The van der Waals surface area contributed by atoms with Gasteiger partial charge in [-0.25, -0.2) is 0 Å². The van der Waals surface area contributed by atoms with Crippen molar-refractivity contribution in [1.82, 2.24) is 5.32 Å². The Bertz CT molecular complexity index is 637. The molecular weight excluding hydrogens is 310 g/mol. The largest absolute Gasteiger partial charge is 0.491 e. The van der Waals surface area contributed by atoms with Crippen molar-refractivity contribution in [2.45, 2.75) is 52.2 Å². The quantitative estimate of drug-likeness (QED) is 0.700. The standard InChI is InChI=1S/C22H31NO2/c1-5-21(18-12-10-17(4)11-13-18)23-14-19(24)15-25-22-9-7-6-8-20(22)16(2)3/h6-13,16,19,21,23-24H,5,14-15H2,1-4H3. The van der Waals surface area contributed by atoms with Gasteiger partial charge in [-0.05, 0) is 36.5 Å². The smallest absolute Gasteiger partial charge is 0.122 e. The van der Waals surface area contributed by atoms with Crippen LogP contribution in [0.3, 0.4) is 0 Å². The molecule has 0 fully saturated rings. The summed E-state index contributed by atoms with van der Waals surface area (Å²) in [7, 11) is 0. The Hall–Kier alpha value is -1.84. The van der Waals surface area contributed by atoms with Crippen LogP contribution in [0, 0.1) is 6.92 Å². The Labute approximate surface area is 152 Å². The average molecular weight is 341 g/mol. The van der Waals surface area contributed by atoms with Crippen LogP contribution in [-0.4, -0.2) is 24.4 Å². The summed E-state index contributed by atoms with van der Waals surface area (Å²) in [6, 6.07) is 16.8. The molecule has 3 heteroatoms. The number of aliphatic hydroxyl groups is 1. The average Bonchev–Trinajstić information content (AvgIpc) is 2.62. The number of hydrogen-bond acceptors (Lipinski definition) is 3. The van der Waals surface area contributed by atoms with Gasteiger partial charge >= 0.3 is 0 Å². The van der Waals surface area contributed by atoms with Gasteiger partial charge in [-0.1, -0.05) is 68.8 Å². The molecule has 3 nitrogen and oxygen atoms in total. The molecule has 0 heterocycles. The predicted octanol–water partition coefficient (Wildman–Crippen LogP) is 4.60. The number of benzene rings is 2. The van der Waals surface area contributed by atoms with E-state index in [1.165, 1.54) is 16.7 Å². The highest BCUT2D eigenvalue weighted by atomic mass is 16.5. The monoisotopic (exact) mass is 341 g/mol. The topological polar surface area (TPSA) is 41.5 Å². The van der Waals surface area contributed by atoms with Crippen LogP contribution >= 0.6 is 0 Å². The van der Waals surface area contributed by atoms with Crippen molar-refractivity contribution in [3.05, 3.63) is 65.2 Å². The van der Waals surface area contributed by atoms with Crippen LogP contribution in [0.2, 0.25) is 0 Å². The molecule has 136 valence electrons. The van der Waals surface area contributed by atoms with Gasteiger partial charge in [0.15, 0.2) is 0 Å². The van der Waals surface area contributed by atoms with E-state index in [0.717, 1.165) is 12.2 Å². The van der Waals surface area contributed by atoms with Crippen LogP contribution in [0.4, 0.5) is 0 Å². The van der Waals surface area contributed by atoms with E-state index in [1.54, 1.807) is 0 Å². The summed E-state index contributed by atoms with van der Waals surface area (Å²) in [6.07, 6.45) is 0.437. The van der Waals surface area contributed by atoms with Crippen LogP contribution in [0.15, 0.2) is 48.5 Å². The van der Waals surface area contributed by atoms with Crippen molar-refractivity contribution in [2.24, 2.45) is 0 Å². The SMILES string of the molecule is CCC(NCC(O)COc1ccccc1C(C)C)c1ccc(C)cc1. The van der Waals surface area contributed by atoms with Crippen LogP contribution in [-0.2, 0) is 0 Å². The zero-order chi connectivity index (χ0) is 18.2. The van der Waals surface area contributed by atoms with E-state index in [-0.39, 0.29) is 6.04 Å². The first-order chi connectivity index (χ1) is 12.0. The summed E-state index contributed by atoms with van der Waals surface area (Å²) in [5.41, 5.74) is 3.69. The molecule has 2 atom stereocenters. The fourth-order valence-corrected chi connectivity index (χ4v) is 2.91. The highest BCUT2D eigenvalue weighted by molar-refractivity contribution is 5.35. The van der Waals surface area contributed by atoms with Gasteiger partial charge in [0.25, 0.3) is 0 Å². The van der Waals surface area contributed by atoms with Crippen LogP contribution in [0.25, 0.3) is 0 Å². The van der Waals surface area contributed by atoms with Crippen molar-refractivity contribution in [3.63, 3.8) is 0 Å². The third kappa shape index (κ3) is 5.87. The molecule has 0 saturated carbocycles. The molecule has 0 aliphatic heterocycles. The van der Waals surface area contributed by atoms with Gasteiger partial charge in [0.05, 0.1) is 0 Å². The highest BCUT2D eigenvalue weighted by Gasteiger charge is 2.13. The number of rotatable bonds is 9. The summed E-state index contributed by atoms with van der Waals surface area (Å²) < 4.78 is 5.86. The molecule has 0 amide bonds. The molecule has 0 aliphatic carbocycles. The van der Waals surface area contributed by atoms with Crippen molar-refractivity contribution >= 4 is 0 Å². The molecule has 0 aliphatic rings. The normalized spacial score (nSPS) is 13.7. The Balaban J connectivity index is 1.85. The van der Waals surface area contributed by atoms with Crippen molar-refractivity contribution in [2.75, 3.05) is 13.2 Å². The zero-order valence-corrected chi connectivity index (χ0v) is 15.8. The fourth-order valence-electron chi connectivity index (χ4n) is 2.91. The van der Waals surface area contributed by atoms with Gasteiger partial charge < -0.3 is 15.2 Å². The summed E-state index contributed by atoms with van der Waals surface area (Å²) >= 11 is 0. The molecule has 0 bridgehead atoms. The lowest BCUT2D eigenvalue weighted by atomic mass is 10.0. The number of aliphatic hydroxyl groups excluding tert-OH is 1. The second kappa shape index (κ2) is 9.59. The molecule has 2 aromatic rings. The van der Waals surface area contributed by atoms with Gasteiger partial charge in [0, 0.05) is 12.6 Å². The molecule has 0 radical (unpaired) electrons. The first kappa shape index (κ1) is 19.5. The molecule has 2 rings (SSSR count). The Morgan fingerprint density at radius 1 is 1.04 bits per heavy atom. The lowest BCUT2D eigenvalue weighted by Crippen LogP contribution is -2.33. The van der Waals surface area contributed by atoms with E-state index in [1.807, 2.05) is 18.2 Å². The Morgan fingerprint density at radius 2 is 1.72 bits per heavy atom. The van der Waals surface area contributed by atoms with Crippen molar-refractivity contribution in [1.29, 1.82) is 0 Å². The van der Waals surface area contributed by atoms with E-state index >= 15 is 0 Å². The molecule has 0 spiro atoms. The summed E-state index contributed by atoms with van der Waals surface area (Å²) in [5, 5.41) is 13.7. The minimum Gasteiger partial charge on any atom is -0.491 e. The molecule has 0 aromatic heterocycles. The Morgan fingerprint density at radius 3 is 2.36 bits per heavy atom. The van der Waals surface area contributed by atoms with E-state index in [0.29, 0.717) is 19.1 Å². The lowest BCUT2D eigenvalue weighted by molar-refractivity contribution is 0.103. The van der Waals surface area contributed by atoms with E-state index < -0.39 is 6.10 Å². The maximum Gasteiger partial charge on any atom is 0.122 e. The van der Waals surface area contributed by atoms with Crippen molar-refractivity contribution < 1.29 is 9.84 Å². The minimum absolute atomic E-state index is 0.248. The molecular formula is C22H31NO2. The first-order valence-corrected chi connectivity index (χ1v) is 9.21. The highest BCUT2D eigenvalue weighted by Crippen LogP contribution is 2.26. The van der Waals surface area contributed by atoms with Gasteiger partial charge in [0.2, 0.25) is 0 Å². The second-order valence-corrected chi connectivity index (χ2v) is 6.94. The molecule has 2 aromatic carbocycles. The minimum atomic E-state index is -0.542. The van der Waals surface area contributed by atoms with E-state index in [4.69, 9.17) is 4.74 Å². The molecule has 2 N–H and O–H groups in total. The number of ether oxygens (including phenoxy) is 1. The molecule has 25 heavy (non-hydrogen) atoms. The van der Waals surface area contributed by atoms with E-state index in [9.17, 15) is 5.11 Å². The number of aryl methyl sites for hydroxylation is 1. The fraction of sp³-hybridized carbons (Fsp3) is 0.455. The maximum absolute atomic E-state index is 10.3. The Kier molecular flexibility index (Phi) is 7.48. The van der Waals surface area contributed by atoms with Crippen LogP contribution in [0.1, 0.15) is 55.8 Å². The van der Waals surface area contributed by atoms with Crippen molar-refractivity contribution in [3.8, 4) is 5.75 Å². The lowest BCUT2D eigenvalue weighted by Gasteiger charge is -2.21. The summed E-state index contributed by atoms with van der Waals surface area (Å²) in [4.78, 5) is 0.